The zero-order chi connectivity index (χ0) is 13.8. The fourth-order valence-electron chi connectivity index (χ4n) is 1.97. The van der Waals surface area contributed by atoms with E-state index in [1.54, 1.807) is 4.90 Å². The van der Waals surface area contributed by atoms with Crippen LogP contribution in [0.15, 0.2) is 14.3 Å². The molecule has 0 aliphatic carbocycles. The van der Waals surface area contributed by atoms with Crippen molar-refractivity contribution in [2.75, 3.05) is 46.3 Å². The first-order valence-electron chi connectivity index (χ1n) is 6.21. The van der Waals surface area contributed by atoms with Gasteiger partial charge in [-0.1, -0.05) is 0 Å². The highest BCUT2D eigenvalue weighted by atomic mass is 79.9. The first-order chi connectivity index (χ1) is 9.08. The normalized spacial score (nSPS) is 16.6. The van der Waals surface area contributed by atoms with Crippen LogP contribution in [0.2, 0.25) is 0 Å². The minimum Gasteiger partial charge on any atom is -0.340 e. The Bertz CT molecular complexity index is 427. The van der Waals surface area contributed by atoms with E-state index in [9.17, 15) is 4.79 Å². The number of likely N-dealkylation sites (N-methyl/N-ethyl adjacent to an activating group) is 1. The van der Waals surface area contributed by atoms with Crippen molar-refractivity contribution in [3.63, 3.8) is 0 Å². The van der Waals surface area contributed by atoms with E-state index in [4.69, 9.17) is 0 Å². The smallest absolute Gasteiger partial charge is 0.263 e. The van der Waals surface area contributed by atoms with Gasteiger partial charge in [0.1, 0.15) is 0 Å². The second kappa shape index (κ2) is 7.17. The molecule has 0 aromatic carbocycles. The minimum absolute atomic E-state index is 0.0894. The highest BCUT2D eigenvalue weighted by molar-refractivity contribution is 9.13. The molecule has 4 nitrogen and oxygen atoms in total. The predicted molar refractivity (Wildman–Crippen MR) is 86.0 cm³/mol. The molecular weight excluding hydrogens is 394 g/mol. The van der Waals surface area contributed by atoms with Crippen LogP contribution in [0.4, 0.5) is 0 Å². The number of amides is 1. The summed E-state index contributed by atoms with van der Waals surface area (Å²) in [6.45, 7) is 5.94. The molecule has 1 saturated heterocycles. The molecule has 0 spiro atoms. The molecule has 1 N–H and O–H groups in total. The summed E-state index contributed by atoms with van der Waals surface area (Å²) in [6, 6.07) is 1.87. The van der Waals surface area contributed by atoms with E-state index in [1.165, 1.54) is 11.3 Å². The summed E-state index contributed by atoms with van der Waals surface area (Å²) in [5, 5.41) is 3.33. The lowest BCUT2D eigenvalue weighted by molar-refractivity contribution is 0.0779. The highest BCUT2D eigenvalue weighted by Gasteiger charge is 2.17. The van der Waals surface area contributed by atoms with Crippen LogP contribution in [-0.2, 0) is 0 Å². The minimum atomic E-state index is 0.0894. The van der Waals surface area contributed by atoms with Gasteiger partial charge in [-0.05, 0) is 37.9 Å². The Kier molecular flexibility index (Phi) is 5.83. The molecular formula is C12H17Br2N3OS. The van der Waals surface area contributed by atoms with Gasteiger partial charge >= 0.3 is 0 Å². The van der Waals surface area contributed by atoms with E-state index in [2.05, 4.69) is 42.1 Å². The lowest BCUT2D eigenvalue weighted by atomic mass is 10.3. The molecule has 7 heteroatoms. The van der Waals surface area contributed by atoms with Gasteiger partial charge in [-0.15, -0.1) is 11.3 Å². The van der Waals surface area contributed by atoms with Crippen LogP contribution in [0.5, 0.6) is 0 Å². The molecule has 106 valence electrons. The third-order valence-electron chi connectivity index (χ3n) is 3.16. The summed E-state index contributed by atoms with van der Waals surface area (Å²) < 4.78 is 1.91. The second-order valence-electron chi connectivity index (χ2n) is 4.55. The quantitative estimate of drug-likeness (QED) is 0.826. The number of piperazine rings is 1. The number of hydrogen-bond donors (Lipinski definition) is 1. The monoisotopic (exact) mass is 409 g/mol. The summed E-state index contributed by atoms with van der Waals surface area (Å²) >= 11 is 8.30. The molecule has 0 atom stereocenters. The third-order valence-corrected chi connectivity index (χ3v) is 6.41. The number of rotatable bonds is 4. The van der Waals surface area contributed by atoms with Crippen molar-refractivity contribution in [2.24, 2.45) is 0 Å². The van der Waals surface area contributed by atoms with Gasteiger partial charge in [-0.3, -0.25) is 9.69 Å². The Labute approximate surface area is 134 Å². The van der Waals surface area contributed by atoms with Gasteiger partial charge in [0.15, 0.2) is 0 Å². The number of halogens is 2. The lowest BCUT2D eigenvalue weighted by Crippen LogP contribution is -2.46. The zero-order valence-electron chi connectivity index (χ0n) is 10.8. The van der Waals surface area contributed by atoms with Gasteiger partial charge in [0, 0.05) is 50.8 Å². The molecule has 1 aromatic rings. The van der Waals surface area contributed by atoms with E-state index in [1.807, 2.05) is 13.1 Å². The van der Waals surface area contributed by atoms with E-state index in [0.29, 0.717) is 0 Å². The SMILES string of the molecule is CN(CCN1CCNCC1)C(=O)c1cc(Br)c(Br)s1. The molecule has 1 aromatic heterocycles. The van der Waals surface area contributed by atoms with Gasteiger partial charge in [0.25, 0.3) is 5.91 Å². The molecule has 1 aliphatic rings. The maximum Gasteiger partial charge on any atom is 0.263 e. The van der Waals surface area contributed by atoms with Crippen LogP contribution in [0.3, 0.4) is 0 Å². The Morgan fingerprint density at radius 1 is 1.47 bits per heavy atom. The van der Waals surface area contributed by atoms with E-state index >= 15 is 0 Å². The van der Waals surface area contributed by atoms with Crippen LogP contribution >= 0.6 is 43.2 Å². The molecule has 0 saturated carbocycles. The second-order valence-corrected chi connectivity index (χ2v) is 7.78. The fraction of sp³-hybridized carbons (Fsp3) is 0.583. The topological polar surface area (TPSA) is 35.6 Å². The van der Waals surface area contributed by atoms with Crippen LogP contribution in [0, 0.1) is 0 Å². The van der Waals surface area contributed by atoms with Gasteiger partial charge in [0.2, 0.25) is 0 Å². The number of nitrogens with zero attached hydrogens (tertiary/aromatic N) is 2. The van der Waals surface area contributed by atoms with Crippen LogP contribution in [0.1, 0.15) is 9.67 Å². The van der Waals surface area contributed by atoms with Crippen molar-refractivity contribution in [3.8, 4) is 0 Å². The molecule has 0 radical (unpaired) electrons. The third kappa shape index (κ3) is 4.26. The first-order valence-corrected chi connectivity index (χ1v) is 8.61. The summed E-state index contributed by atoms with van der Waals surface area (Å²) in [7, 11) is 1.87. The average molecular weight is 411 g/mol. The summed E-state index contributed by atoms with van der Waals surface area (Å²) in [5.41, 5.74) is 0. The zero-order valence-corrected chi connectivity index (χ0v) is 14.8. The van der Waals surface area contributed by atoms with Crippen molar-refractivity contribution >= 4 is 49.1 Å². The van der Waals surface area contributed by atoms with E-state index in [-0.39, 0.29) is 5.91 Å². The van der Waals surface area contributed by atoms with E-state index < -0.39 is 0 Å². The van der Waals surface area contributed by atoms with Crippen molar-refractivity contribution in [1.82, 2.24) is 15.1 Å². The van der Waals surface area contributed by atoms with Crippen molar-refractivity contribution < 1.29 is 4.79 Å². The maximum absolute atomic E-state index is 12.2. The predicted octanol–water partition coefficient (Wildman–Crippen LogP) is 2.25. The molecule has 2 rings (SSSR count). The van der Waals surface area contributed by atoms with Crippen molar-refractivity contribution in [2.45, 2.75) is 0 Å². The molecule has 1 fully saturated rings. The maximum atomic E-state index is 12.2. The van der Waals surface area contributed by atoms with Crippen LogP contribution in [-0.4, -0.2) is 62.0 Å². The number of carbonyl (C=O) groups excluding carboxylic acids is 1. The molecule has 19 heavy (non-hydrogen) atoms. The van der Waals surface area contributed by atoms with Crippen molar-refractivity contribution in [1.29, 1.82) is 0 Å². The Morgan fingerprint density at radius 2 is 2.16 bits per heavy atom. The van der Waals surface area contributed by atoms with Gasteiger partial charge in [0.05, 0.1) is 8.66 Å². The number of carbonyl (C=O) groups is 1. The largest absolute Gasteiger partial charge is 0.340 e. The summed E-state index contributed by atoms with van der Waals surface area (Å²) in [4.78, 5) is 17.2. The molecule has 0 bridgehead atoms. The molecule has 1 amide bonds. The molecule has 2 heterocycles. The Hall–Kier alpha value is 0.0500. The Balaban J connectivity index is 1.85. The number of hydrogen-bond acceptors (Lipinski definition) is 4. The highest BCUT2D eigenvalue weighted by Crippen LogP contribution is 2.32. The summed E-state index contributed by atoms with van der Waals surface area (Å²) in [5.74, 6) is 0.0894. The Morgan fingerprint density at radius 3 is 2.74 bits per heavy atom. The van der Waals surface area contributed by atoms with Crippen LogP contribution in [0.25, 0.3) is 0 Å². The van der Waals surface area contributed by atoms with Gasteiger partial charge in [-0.25, -0.2) is 0 Å². The average Bonchev–Trinajstić information content (AvgIpc) is 2.76. The standard InChI is InChI=1S/C12H17Br2N3OS/c1-16(6-7-17-4-2-15-3-5-17)12(18)10-8-9(13)11(14)19-10/h8,15H,2-7H2,1H3. The first kappa shape index (κ1) is 15.4. The molecule has 0 unspecified atom stereocenters. The van der Waals surface area contributed by atoms with Gasteiger partial charge in [-0.2, -0.15) is 0 Å². The number of thiophene rings is 1. The molecule has 1 aliphatic heterocycles. The lowest BCUT2D eigenvalue weighted by Gasteiger charge is -2.29. The van der Waals surface area contributed by atoms with Crippen LogP contribution < -0.4 is 5.32 Å². The number of nitrogens with one attached hydrogen (secondary N) is 1. The fourth-order valence-corrected chi connectivity index (χ4v) is 4.00. The van der Waals surface area contributed by atoms with Crippen molar-refractivity contribution in [3.05, 3.63) is 19.2 Å². The van der Waals surface area contributed by atoms with E-state index in [0.717, 1.165) is 52.4 Å². The van der Waals surface area contributed by atoms with Gasteiger partial charge < -0.3 is 10.2 Å². The summed E-state index contributed by atoms with van der Waals surface area (Å²) in [6.07, 6.45) is 0.